The van der Waals surface area contributed by atoms with Crippen molar-refractivity contribution in [2.75, 3.05) is 13.7 Å². The molecule has 0 unspecified atom stereocenters. The number of carbonyl (C=O) groups excluding carboxylic acids is 1. The Balaban J connectivity index is 1.39. The predicted octanol–water partition coefficient (Wildman–Crippen LogP) is 3.48. The molecule has 1 aliphatic rings. The van der Waals surface area contributed by atoms with Gasteiger partial charge in [0.05, 0.1) is 18.5 Å². The Labute approximate surface area is 158 Å². The topological polar surface area (TPSA) is 47.4 Å². The lowest BCUT2D eigenvalue weighted by molar-refractivity contribution is -0.125. The van der Waals surface area contributed by atoms with Crippen LogP contribution in [0.15, 0.2) is 67.0 Å². The van der Waals surface area contributed by atoms with Gasteiger partial charge in [-0.1, -0.05) is 24.3 Å². The second kappa shape index (κ2) is 7.50. The zero-order chi connectivity index (χ0) is 18.6. The van der Waals surface area contributed by atoms with Crippen molar-refractivity contribution >= 4 is 12.0 Å². The maximum Gasteiger partial charge on any atom is 0.246 e. The molecule has 2 heterocycles. The molecule has 1 aliphatic heterocycles. The average molecular weight is 359 g/mol. The summed E-state index contributed by atoms with van der Waals surface area (Å²) in [5.41, 5.74) is 4.19. The van der Waals surface area contributed by atoms with Crippen molar-refractivity contribution in [3.8, 4) is 11.4 Å². The van der Waals surface area contributed by atoms with Crippen molar-refractivity contribution < 1.29 is 9.53 Å². The van der Waals surface area contributed by atoms with E-state index in [1.54, 1.807) is 24.2 Å². The fourth-order valence-electron chi connectivity index (χ4n) is 3.12. The minimum Gasteiger partial charge on any atom is -0.493 e. The largest absolute Gasteiger partial charge is 0.493 e. The van der Waals surface area contributed by atoms with Crippen molar-refractivity contribution in [2.45, 2.75) is 13.0 Å². The molecule has 0 atom stereocenters. The number of benzene rings is 2. The Morgan fingerprint density at radius 2 is 2.11 bits per heavy atom. The molecular formula is C22H21N3O2. The molecule has 27 heavy (non-hydrogen) atoms. The molecule has 0 fully saturated rings. The molecule has 0 bridgehead atoms. The molecule has 1 amide bonds. The lowest BCUT2D eigenvalue weighted by Crippen LogP contribution is -2.23. The van der Waals surface area contributed by atoms with Crippen molar-refractivity contribution in [2.24, 2.45) is 0 Å². The third-order valence-electron chi connectivity index (χ3n) is 4.58. The van der Waals surface area contributed by atoms with Gasteiger partial charge in [0.25, 0.3) is 0 Å². The first-order valence-electron chi connectivity index (χ1n) is 8.97. The summed E-state index contributed by atoms with van der Waals surface area (Å²) < 4.78 is 7.33. The Hall–Kier alpha value is -3.34. The molecular weight excluding hydrogens is 338 g/mol. The van der Waals surface area contributed by atoms with Crippen LogP contribution in [0.5, 0.6) is 5.75 Å². The molecule has 1 aromatic heterocycles. The summed E-state index contributed by atoms with van der Waals surface area (Å²) >= 11 is 0. The number of ether oxygens (including phenoxy) is 1. The van der Waals surface area contributed by atoms with Gasteiger partial charge in [0.1, 0.15) is 5.75 Å². The van der Waals surface area contributed by atoms with Gasteiger partial charge in [0.15, 0.2) is 0 Å². The van der Waals surface area contributed by atoms with Crippen molar-refractivity contribution in [1.29, 1.82) is 0 Å². The minimum absolute atomic E-state index is 0.0424. The average Bonchev–Trinajstić information content (AvgIpc) is 3.35. The third-order valence-corrected chi connectivity index (χ3v) is 4.58. The molecule has 136 valence electrons. The molecule has 0 saturated carbocycles. The predicted molar refractivity (Wildman–Crippen MR) is 105 cm³/mol. The number of carbonyl (C=O) groups is 1. The molecule has 0 radical (unpaired) electrons. The van der Waals surface area contributed by atoms with Gasteiger partial charge in [0, 0.05) is 37.8 Å². The molecule has 2 aromatic carbocycles. The monoisotopic (exact) mass is 359 g/mol. The van der Waals surface area contributed by atoms with E-state index in [2.05, 4.69) is 11.2 Å². The van der Waals surface area contributed by atoms with Gasteiger partial charge in [0.2, 0.25) is 5.91 Å². The fourth-order valence-corrected chi connectivity index (χ4v) is 3.12. The summed E-state index contributed by atoms with van der Waals surface area (Å²) in [6, 6.07) is 15.9. The SMILES string of the molecule is CN(Cc1cnn(-c2ccccc2)c1)C(=O)C=Cc1ccc2c(c1)CCO2. The number of amides is 1. The van der Waals surface area contributed by atoms with E-state index in [0.29, 0.717) is 6.54 Å². The Morgan fingerprint density at radius 1 is 1.26 bits per heavy atom. The van der Waals surface area contributed by atoms with Gasteiger partial charge in [-0.25, -0.2) is 4.68 Å². The quantitative estimate of drug-likeness (QED) is 0.655. The van der Waals surface area contributed by atoms with Gasteiger partial charge < -0.3 is 9.64 Å². The van der Waals surface area contributed by atoms with Crippen LogP contribution in [0.1, 0.15) is 16.7 Å². The first kappa shape index (κ1) is 17.1. The molecule has 0 N–H and O–H groups in total. The number of rotatable bonds is 5. The molecule has 5 heteroatoms. The normalized spacial score (nSPS) is 12.8. The van der Waals surface area contributed by atoms with E-state index < -0.39 is 0 Å². The number of hydrogen-bond donors (Lipinski definition) is 0. The lowest BCUT2D eigenvalue weighted by Gasteiger charge is -2.13. The van der Waals surface area contributed by atoms with Crippen LogP contribution in [0.2, 0.25) is 0 Å². The highest BCUT2D eigenvalue weighted by molar-refractivity contribution is 5.91. The fraction of sp³-hybridized carbons (Fsp3) is 0.182. The molecule has 0 spiro atoms. The van der Waals surface area contributed by atoms with Crippen LogP contribution in [0.3, 0.4) is 0 Å². The van der Waals surface area contributed by atoms with Crippen molar-refractivity contribution in [3.05, 3.63) is 83.7 Å². The van der Waals surface area contributed by atoms with E-state index in [1.807, 2.05) is 59.4 Å². The number of fused-ring (bicyclic) bond motifs is 1. The van der Waals surface area contributed by atoms with E-state index in [9.17, 15) is 4.79 Å². The summed E-state index contributed by atoms with van der Waals surface area (Å²) in [5, 5.41) is 4.37. The number of aromatic nitrogens is 2. The van der Waals surface area contributed by atoms with E-state index in [1.165, 1.54) is 5.56 Å². The summed E-state index contributed by atoms with van der Waals surface area (Å²) in [6.45, 7) is 1.24. The summed E-state index contributed by atoms with van der Waals surface area (Å²) in [5.74, 6) is 0.908. The maximum absolute atomic E-state index is 12.4. The number of hydrogen-bond acceptors (Lipinski definition) is 3. The second-order valence-electron chi connectivity index (χ2n) is 6.62. The Morgan fingerprint density at radius 3 is 2.96 bits per heavy atom. The van der Waals surface area contributed by atoms with Gasteiger partial charge in [-0.2, -0.15) is 5.10 Å². The lowest BCUT2D eigenvalue weighted by atomic mass is 10.1. The van der Waals surface area contributed by atoms with Crippen molar-refractivity contribution in [3.63, 3.8) is 0 Å². The van der Waals surface area contributed by atoms with Crippen LogP contribution in [0.25, 0.3) is 11.8 Å². The highest BCUT2D eigenvalue weighted by Crippen LogP contribution is 2.26. The Kier molecular flexibility index (Phi) is 4.75. The van der Waals surface area contributed by atoms with Crippen LogP contribution in [-0.4, -0.2) is 34.2 Å². The van der Waals surface area contributed by atoms with Crippen LogP contribution in [0, 0.1) is 0 Å². The molecule has 0 aliphatic carbocycles. The summed E-state index contributed by atoms with van der Waals surface area (Å²) in [4.78, 5) is 14.1. The number of para-hydroxylation sites is 1. The maximum atomic E-state index is 12.4. The summed E-state index contributed by atoms with van der Waals surface area (Å²) in [7, 11) is 1.79. The molecule has 4 rings (SSSR count). The highest BCUT2D eigenvalue weighted by Gasteiger charge is 2.12. The zero-order valence-corrected chi connectivity index (χ0v) is 15.2. The Bertz CT molecular complexity index is 976. The summed E-state index contributed by atoms with van der Waals surface area (Å²) in [6.07, 6.45) is 8.13. The van der Waals surface area contributed by atoms with Gasteiger partial charge >= 0.3 is 0 Å². The smallest absolute Gasteiger partial charge is 0.246 e. The molecule has 0 saturated heterocycles. The molecule has 5 nitrogen and oxygen atoms in total. The second-order valence-corrected chi connectivity index (χ2v) is 6.62. The van der Waals surface area contributed by atoms with Crippen molar-refractivity contribution in [1.82, 2.24) is 14.7 Å². The van der Waals surface area contributed by atoms with Crippen LogP contribution in [0.4, 0.5) is 0 Å². The first-order chi connectivity index (χ1) is 13.2. The number of likely N-dealkylation sites (N-methyl/N-ethyl adjacent to an activating group) is 1. The highest BCUT2D eigenvalue weighted by atomic mass is 16.5. The zero-order valence-electron chi connectivity index (χ0n) is 15.2. The van der Waals surface area contributed by atoms with Gasteiger partial charge in [-0.05, 0) is 41.5 Å². The third kappa shape index (κ3) is 3.92. The number of nitrogens with zero attached hydrogens (tertiary/aromatic N) is 3. The van der Waals surface area contributed by atoms with Gasteiger partial charge in [-0.3, -0.25) is 4.79 Å². The minimum atomic E-state index is -0.0424. The van der Waals surface area contributed by atoms with E-state index in [0.717, 1.165) is 35.6 Å². The van der Waals surface area contributed by atoms with Gasteiger partial charge in [-0.15, -0.1) is 0 Å². The standard InChI is InChI=1S/C22H21N3O2/c1-24(15-18-14-23-25(16-18)20-5-3-2-4-6-20)22(26)10-8-17-7-9-21-19(13-17)11-12-27-21/h2-10,13-14,16H,11-12,15H2,1H3. The van der Waals surface area contributed by atoms with Crippen LogP contribution in [-0.2, 0) is 17.8 Å². The van der Waals surface area contributed by atoms with E-state index in [-0.39, 0.29) is 5.91 Å². The molecule has 3 aromatic rings. The van der Waals surface area contributed by atoms with Crippen LogP contribution < -0.4 is 4.74 Å². The van der Waals surface area contributed by atoms with E-state index >= 15 is 0 Å². The van der Waals surface area contributed by atoms with Crippen LogP contribution >= 0.6 is 0 Å². The van der Waals surface area contributed by atoms with E-state index in [4.69, 9.17) is 4.74 Å². The first-order valence-corrected chi connectivity index (χ1v) is 8.97.